The number of benzene rings is 3. The van der Waals surface area contributed by atoms with Crippen LogP contribution in [-0.2, 0) is 6.18 Å². The van der Waals surface area contributed by atoms with Gasteiger partial charge in [-0.1, -0.05) is 36.4 Å². The van der Waals surface area contributed by atoms with Gasteiger partial charge in [-0.2, -0.15) is 13.2 Å². The van der Waals surface area contributed by atoms with E-state index in [-0.39, 0.29) is 11.6 Å². The SMILES string of the molecule is O=C(Nc1cccc(C(F)(F)F)c1)Oc1cc(-c2ccc(Oc3ccccc3)cc2)c[nH]1. The zero-order valence-electron chi connectivity index (χ0n) is 16.5. The van der Waals surface area contributed by atoms with E-state index in [1.165, 1.54) is 12.1 Å². The van der Waals surface area contributed by atoms with Crippen molar-refractivity contribution in [1.82, 2.24) is 4.98 Å². The number of carbonyl (C=O) groups is 1. The Kier molecular flexibility index (Phi) is 5.85. The number of aromatic nitrogens is 1. The highest BCUT2D eigenvalue weighted by Crippen LogP contribution is 2.31. The number of amides is 1. The monoisotopic (exact) mass is 438 g/mol. The highest BCUT2D eigenvalue weighted by molar-refractivity contribution is 5.86. The third-order valence-electron chi connectivity index (χ3n) is 4.46. The van der Waals surface area contributed by atoms with Gasteiger partial charge in [-0.25, -0.2) is 4.79 Å². The van der Waals surface area contributed by atoms with E-state index in [1.807, 2.05) is 54.6 Å². The number of rotatable bonds is 5. The number of hydrogen-bond donors (Lipinski definition) is 2. The van der Waals surface area contributed by atoms with Gasteiger partial charge in [0.2, 0.25) is 5.88 Å². The number of carbonyl (C=O) groups excluding carboxylic acids is 1. The number of aromatic amines is 1. The summed E-state index contributed by atoms with van der Waals surface area (Å²) in [4.78, 5) is 14.9. The van der Waals surface area contributed by atoms with E-state index in [2.05, 4.69) is 10.3 Å². The Morgan fingerprint density at radius 2 is 1.53 bits per heavy atom. The molecule has 0 saturated heterocycles. The smallest absolute Gasteiger partial charge is 0.418 e. The first-order chi connectivity index (χ1) is 15.4. The maximum atomic E-state index is 12.8. The molecule has 0 fully saturated rings. The second kappa shape index (κ2) is 8.89. The fourth-order valence-corrected chi connectivity index (χ4v) is 2.96. The Bertz CT molecular complexity index is 1200. The van der Waals surface area contributed by atoms with Gasteiger partial charge in [-0.15, -0.1) is 0 Å². The fourth-order valence-electron chi connectivity index (χ4n) is 2.96. The molecular formula is C24H17F3N2O3. The second-order valence-electron chi connectivity index (χ2n) is 6.79. The summed E-state index contributed by atoms with van der Waals surface area (Å²) in [5.41, 5.74) is 0.732. The summed E-state index contributed by atoms with van der Waals surface area (Å²) >= 11 is 0. The van der Waals surface area contributed by atoms with Gasteiger partial charge >= 0.3 is 12.3 Å². The second-order valence-corrected chi connectivity index (χ2v) is 6.79. The van der Waals surface area contributed by atoms with Crippen LogP contribution >= 0.6 is 0 Å². The molecule has 1 aromatic heterocycles. The Morgan fingerprint density at radius 3 is 2.25 bits per heavy atom. The van der Waals surface area contributed by atoms with Gasteiger partial charge in [0, 0.05) is 23.5 Å². The number of para-hydroxylation sites is 1. The van der Waals surface area contributed by atoms with Crippen LogP contribution < -0.4 is 14.8 Å². The van der Waals surface area contributed by atoms with Crippen LogP contribution in [0.15, 0.2) is 91.1 Å². The highest BCUT2D eigenvalue weighted by atomic mass is 19.4. The first-order valence-corrected chi connectivity index (χ1v) is 9.55. The summed E-state index contributed by atoms with van der Waals surface area (Å²) in [6.45, 7) is 0. The average molecular weight is 438 g/mol. The van der Waals surface area contributed by atoms with Crippen molar-refractivity contribution >= 4 is 11.8 Å². The molecule has 3 aromatic carbocycles. The lowest BCUT2D eigenvalue weighted by molar-refractivity contribution is -0.137. The minimum Gasteiger partial charge on any atom is -0.457 e. The van der Waals surface area contributed by atoms with Crippen LogP contribution in [0.3, 0.4) is 0 Å². The molecule has 0 aliphatic carbocycles. The number of nitrogens with one attached hydrogen (secondary N) is 2. The zero-order valence-corrected chi connectivity index (χ0v) is 16.5. The number of hydrogen-bond acceptors (Lipinski definition) is 3. The van der Waals surface area contributed by atoms with E-state index in [9.17, 15) is 18.0 Å². The molecular weight excluding hydrogens is 421 g/mol. The van der Waals surface area contributed by atoms with Crippen molar-refractivity contribution in [1.29, 1.82) is 0 Å². The Labute approximate surface area is 181 Å². The quantitative estimate of drug-likeness (QED) is 0.349. The van der Waals surface area contributed by atoms with Crippen molar-refractivity contribution in [3.05, 3.63) is 96.7 Å². The van der Waals surface area contributed by atoms with Gasteiger partial charge in [0.15, 0.2) is 0 Å². The summed E-state index contributed by atoms with van der Waals surface area (Å²) in [6.07, 6.45) is -3.76. The Hall–Kier alpha value is -4.20. The molecule has 32 heavy (non-hydrogen) atoms. The first-order valence-electron chi connectivity index (χ1n) is 9.55. The van der Waals surface area contributed by atoms with Crippen LogP contribution in [0.2, 0.25) is 0 Å². The van der Waals surface area contributed by atoms with Gasteiger partial charge < -0.3 is 14.5 Å². The molecule has 0 unspecified atom stereocenters. The molecule has 4 rings (SSSR count). The lowest BCUT2D eigenvalue weighted by Crippen LogP contribution is -2.17. The van der Waals surface area contributed by atoms with E-state index in [0.29, 0.717) is 5.75 Å². The standard InChI is InChI=1S/C24H17F3N2O3/c25-24(26,27)18-5-4-6-19(14-18)29-23(30)32-22-13-17(15-28-22)16-9-11-21(12-10-16)31-20-7-2-1-3-8-20/h1-15,28H,(H,29,30). The molecule has 1 amide bonds. The molecule has 8 heteroatoms. The maximum Gasteiger partial charge on any atom is 0.418 e. The van der Waals surface area contributed by atoms with E-state index >= 15 is 0 Å². The van der Waals surface area contributed by atoms with E-state index < -0.39 is 17.8 Å². The van der Waals surface area contributed by atoms with Crippen LogP contribution in [0.1, 0.15) is 5.56 Å². The fraction of sp³-hybridized carbons (Fsp3) is 0.0417. The summed E-state index contributed by atoms with van der Waals surface area (Å²) in [5, 5.41) is 2.28. The normalized spacial score (nSPS) is 11.1. The largest absolute Gasteiger partial charge is 0.457 e. The molecule has 0 aliphatic heterocycles. The van der Waals surface area contributed by atoms with Gasteiger partial charge in [-0.05, 0) is 48.0 Å². The third-order valence-corrected chi connectivity index (χ3v) is 4.46. The average Bonchev–Trinajstić information content (AvgIpc) is 3.23. The molecule has 5 nitrogen and oxygen atoms in total. The van der Waals surface area contributed by atoms with Crippen LogP contribution in [0.4, 0.5) is 23.7 Å². The molecule has 0 radical (unpaired) electrons. The van der Waals surface area contributed by atoms with Crippen molar-refractivity contribution < 1.29 is 27.4 Å². The zero-order chi connectivity index (χ0) is 22.6. The summed E-state index contributed by atoms with van der Waals surface area (Å²) in [7, 11) is 0. The molecule has 0 spiro atoms. The summed E-state index contributed by atoms with van der Waals surface area (Å²) < 4.78 is 49.3. The van der Waals surface area contributed by atoms with Crippen LogP contribution in [0, 0.1) is 0 Å². The number of ether oxygens (including phenoxy) is 2. The van der Waals surface area contributed by atoms with E-state index in [1.54, 1.807) is 12.3 Å². The van der Waals surface area contributed by atoms with Crippen molar-refractivity contribution in [3.8, 4) is 28.5 Å². The van der Waals surface area contributed by atoms with Crippen molar-refractivity contribution in [2.24, 2.45) is 0 Å². The Morgan fingerprint density at radius 1 is 0.812 bits per heavy atom. The third kappa shape index (κ3) is 5.28. The van der Waals surface area contributed by atoms with Gasteiger partial charge in [0.25, 0.3) is 0 Å². The molecule has 0 saturated carbocycles. The van der Waals surface area contributed by atoms with Crippen molar-refractivity contribution in [2.75, 3.05) is 5.32 Å². The predicted molar refractivity (Wildman–Crippen MR) is 114 cm³/mol. The minimum atomic E-state index is -4.50. The lowest BCUT2D eigenvalue weighted by atomic mass is 10.1. The molecule has 0 atom stereocenters. The molecule has 162 valence electrons. The molecule has 1 heterocycles. The first kappa shape index (κ1) is 21.0. The maximum absolute atomic E-state index is 12.8. The number of alkyl halides is 3. The molecule has 4 aromatic rings. The molecule has 0 aliphatic rings. The van der Waals surface area contributed by atoms with Crippen molar-refractivity contribution in [2.45, 2.75) is 6.18 Å². The van der Waals surface area contributed by atoms with Gasteiger partial charge in [0.05, 0.1) is 5.56 Å². The summed E-state index contributed by atoms with van der Waals surface area (Å²) in [6, 6.07) is 22.6. The highest BCUT2D eigenvalue weighted by Gasteiger charge is 2.30. The van der Waals surface area contributed by atoms with Gasteiger partial charge in [-0.3, -0.25) is 5.32 Å². The summed E-state index contributed by atoms with van der Waals surface area (Å²) in [5.74, 6) is 1.55. The molecule has 0 bridgehead atoms. The number of H-pyrrole nitrogens is 1. The topological polar surface area (TPSA) is 63.4 Å². The van der Waals surface area contributed by atoms with Crippen LogP contribution in [0.25, 0.3) is 11.1 Å². The lowest BCUT2D eigenvalue weighted by Gasteiger charge is -2.09. The number of halogens is 3. The Balaban J connectivity index is 1.38. The van der Waals surface area contributed by atoms with Gasteiger partial charge in [0.1, 0.15) is 11.5 Å². The van der Waals surface area contributed by atoms with E-state index in [4.69, 9.17) is 9.47 Å². The van der Waals surface area contributed by atoms with Crippen LogP contribution in [0.5, 0.6) is 17.4 Å². The van der Waals surface area contributed by atoms with Crippen LogP contribution in [-0.4, -0.2) is 11.1 Å². The number of anilines is 1. The molecule has 2 N–H and O–H groups in total. The minimum absolute atomic E-state index is 0.0226. The van der Waals surface area contributed by atoms with E-state index in [0.717, 1.165) is 29.0 Å². The van der Waals surface area contributed by atoms with Crippen molar-refractivity contribution in [3.63, 3.8) is 0 Å². The predicted octanol–water partition coefficient (Wildman–Crippen LogP) is 7.10.